The summed E-state index contributed by atoms with van der Waals surface area (Å²) in [5, 5.41) is 9.51. The Hall–Kier alpha value is -1.64. The van der Waals surface area contributed by atoms with Crippen LogP contribution in [0.3, 0.4) is 0 Å². The van der Waals surface area contributed by atoms with Crippen LogP contribution >= 0.6 is 0 Å². The van der Waals surface area contributed by atoms with E-state index >= 15 is 0 Å². The molecule has 0 radical (unpaired) electrons. The van der Waals surface area contributed by atoms with Crippen LogP contribution in [0.25, 0.3) is 0 Å². The van der Waals surface area contributed by atoms with Gasteiger partial charge >= 0.3 is 0 Å². The van der Waals surface area contributed by atoms with Crippen LogP contribution in [0.2, 0.25) is 0 Å². The van der Waals surface area contributed by atoms with Crippen molar-refractivity contribution in [2.45, 2.75) is 6.92 Å². The summed E-state index contributed by atoms with van der Waals surface area (Å²) in [5.41, 5.74) is 1.30. The molecule has 1 aromatic carbocycles. The van der Waals surface area contributed by atoms with Crippen LogP contribution in [0, 0.1) is 18.2 Å². The maximum Gasteiger partial charge on any atom is 0.146 e. The highest BCUT2D eigenvalue weighted by Crippen LogP contribution is 2.18. The smallest absolute Gasteiger partial charge is 0.146 e. The largest absolute Gasteiger partial charge is 0.359 e. The number of allylic oxidation sites excluding steroid dienone is 1. The number of benzene rings is 1. The molecule has 2 N–H and O–H groups in total. The van der Waals surface area contributed by atoms with Gasteiger partial charge in [0.25, 0.3) is 0 Å². The van der Waals surface area contributed by atoms with E-state index in [4.69, 9.17) is 5.41 Å². The van der Waals surface area contributed by atoms with Crippen molar-refractivity contribution in [1.29, 1.82) is 5.41 Å². The van der Waals surface area contributed by atoms with Gasteiger partial charge in [0.05, 0.1) is 5.69 Å². The van der Waals surface area contributed by atoms with Gasteiger partial charge in [-0.05, 0) is 24.6 Å². The van der Waals surface area contributed by atoms with Crippen LogP contribution in [0.1, 0.15) is 5.56 Å². The Morgan fingerprint density at radius 3 is 2.85 bits per heavy atom. The zero-order valence-electron chi connectivity index (χ0n) is 7.34. The third kappa shape index (κ3) is 2.40. The minimum Gasteiger partial charge on any atom is -0.359 e. The number of halogens is 1. The third-order valence-corrected chi connectivity index (χ3v) is 1.64. The minimum absolute atomic E-state index is 0.283. The molecule has 0 amide bonds. The van der Waals surface area contributed by atoms with Gasteiger partial charge in [0.2, 0.25) is 0 Å². The highest BCUT2D eigenvalue weighted by molar-refractivity contribution is 5.68. The summed E-state index contributed by atoms with van der Waals surface area (Å²) in [6.07, 6.45) is 4.15. The average molecular weight is 178 g/mol. The molecule has 0 aliphatic rings. The fourth-order valence-electron chi connectivity index (χ4n) is 0.994. The summed E-state index contributed by atoms with van der Waals surface area (Å²) >= 11 is 0. The normalized spacial score (nSPS) is 10.3. The highest BCUT2D eigenvalue weighted by Gasteiger charge is 2.01. The van der Waals surface area contributed by atoms with E-state index in [9.17, 15) is 4.39 Å². The van der Waals surface area contributed by atoms with Crippen molar-refractivity contribution < 1.29 is 4.39 Å². The van der Waals surface area contributed by atoms with Gasteiger partial charge in [0, 0.05) is 12.4 Å². The lowest BCUT2D eigenvalue weighted by Crippen LogP contribution is -1.94. The van der Waals surface area contributed by atoms with Crippen molar-refractivity contribution in [2.24, 2.45) is 0 Å². The van der Waals surface area contributed by atoms with Crippen molar-refractivity contribution in [3.05, 3.63) is 41.9 Å². The molecule has 0 spiro atoms. The van der Waals surface area contributed by atoms with Gasteiger partial charge in [-0.2, -0.15) is 0 Å². The number of hydrogen-bond donors (Lipinski definition) is 2. The molecule has 0 heterocycles. The number of anilines is 1. The molecule has 13 heavy (non-hydrogen) atoms. The molecule has 0 aromatic heterocycles. The molecule has 3 heteroatoms. The predicted octanol–water partition coefficient (Wildman–Crippen LogP) is 2.71. The van der Waals surface area contributed by atoms with Crippen molar-refractivity contribution >= 4 is 11.9 Å². The molecular weight excluding hydrogens is 167 g/mol. The Balaban J connectivity index is 2.86. The van der Waals surface area contributed by atoms with E-state index in [1.54, 1.807) is 6.07 Å². The summed E-state index contributed by atoms with van der Waals surface area (Å²) in [5.74, 6) is -0.283. The summed E-state index contributed by atoms with van der Waals surface area (Å²) in [6.45, 7) is 1.82. The van der Waals surface area contributed by atoms with E-state index in [1.165, 1.54) is 18.3 Å². The zero-order chi connectivity index (χ0) is 9.68. The van der Waals surface area contributed by atoms with E-state index in [2.05, 4.69) is 5.32 Å². The first-order chi connectivity index (χ1) is 6.25. The zero-order valence-corrected chi connectivity index (χ0v) is 7.34. The Morgan fingerprint density at radius 2 is 2.23 bits per heavy atom. The van der Waals surface area contributed by atoms with Crippen molar-refractivity contribution in [3.8, 4) is 0 Å². The first-order valence-electron chi connectivity index (χ1n) is 3.93. The molecule has 1 rings (SSSR count). The van der Waals surface area contributed by atoms with Crippen molar-refractivity contribution in [1.82, 2.24) is 0 Å². The highest BCUT2D eigenvalue weighted by atomic mass is 19.1. The van der Waals surface area contributed by atoms with E-state index in [0.717, 1.165) is 11.8 Å². The Morgan fingerprint density at radius 1 is 1.46 bits per heavy atom. The van der Waals surface area contributed by atoms with E-state index < -0.39 is 0 Å². The molecule has 0 unspecified atom stereocenters. The molecule has 0 atom stereocenters. The molecule has 0 saturated carbocycles. The lowest BCUT2D eigenvalue weighted by Gasteiger charge is -2.05. The monoisotopic (exact) mass is 178 g/mol. The first kappa shape index (κ1) is 9.45. The van der Waals surface area contributed by atoms with Gasteiger partial charge in [-0.15, -0.1) is 0 Å². The second-order valence-corrected chi connectivity index (χ2v) is 2.60. The lowest BCUT2D eigenvalue weighted by molar-refractivity contribution is 0.631. The second kappa shape index (κ2) is 4.40. The van der Waals surface area contributed by atoms with Crippen LogP contribution in [0.4, 0.5) is 10.1 Å². The van der Waals surface area contributed by atoms with Gasteiger partial charge in [0.1, 0.15) is 5.82 Å². The second-order valence-electron chi connectivity index (χ2n) is 2.60. The Bertz CT molecular complexity index is 311. The summed E-state index contributed by atoms with van der Waals surface area (Å²) < 4.78 is 13.1. The van der Waals surface area contributed by atoms with Crippen LogP contribution in [-0.4, -0.2) is 6.21 Å². The Labute approximate surface area is 76.6 Å². The van der Waals surface area contributed by atoms with E-state index in [1.807, 2.05) is 13.0 Å². The topological polar surface area (TPSA) is 35.9 Å². The van der Waals surface area contributed by atoms with Crippen LogP contribution in [-0.2, 0) is 0 Å². The molecule has 0 saturated heterocycles. The van der Waals surface area contributed by atoms with E-state index in [-0.39, 0.29) is 5.82 Å². The molecule has 0 fully saturated rings. The lowest BCUT2D eigenvalue weighted by atomic mass is 10.2. The third-order valence-electron chi connectivity index (χ3n) is 1.64. The fraction of sp³-hybridized carbons (Fsp3) is 0.100. The first-order valence-corrected chi connectivity index (χ1v) is 3.93. The standard InChI is InChI=1S/C10H11FN2/c1-8-4-2-5-9(11)10(8)13-7-3-6-12/h2-7,12-13H,1H3/b7-3-,12-6?. The quantitative estimate of drug-likeness (QED) is 0.686. The van der Waals surface area contributed by atoms with Crippen LogP contribution in [0.15, 0.2) is 30.5 Å². The maximum absolute atomic E-state index is 13.1. The molecule has 68 valence electrons. The number of para-hydroxylation sites is 1. The number of nitrogens with one attached hydrogen (secondary N) is 2. The summed E-state index contributed by atoms with van der Waals surface area (Å²) in [6, 6.07) is 4.88. The fourth-order valence-corrected chi connectivity index (χ4v) is 0.994. The summed E-state index contributed by atoms with van der Waals surface area (Å²) in [4.78, 5) is 0. The molecular formula is C10H11FN2. The SMILES string of the molecule is Cc1cccc(F)c1N/C=C\C=N. The number of rotatable bonds is 3. The predicted molar refractivity (Wildman–Crippen MR) is 52.7 cm³/mol. The molecule has 0 aliphatic heterocycles. The van der Waals surface area contributed by atoms with Crippen molar-refractivity contribution in [2.75, 3.05) is 5.32 Å². The van der Waals surface area contributed by atoms with Crippen molar-refractivity contribution in [3.63, 3.8) is 0 Å². The molecule has 0 aliphatic carbocycles. The Kier molecular flexibility index (Phi) is 3.20. The molecule has 1 aromatic rings. The molecule has 0 bridgehead atoms. The van der Waals surface area contributed by atoms with Crippen LogP contribution in [0.5, 0.6) is 0 Å². The number of hydrogen-bond acceptors (Lipinski definition) is 2. The molecule has 2 nitrogen and oxygen atoms in total. The minimum atomic E-state index is -0.283. The summed E-state index contributed by atoms with van der Waals surface area (Å²) in [7, 11) is 0. The van der Waals surface area contributed by atoms with Gasteiger partial charge < -0.3 is 10.7 Å². The van der Waals surface area contributed by atoms with Gasteiger partial charge in [-0.3, -0.25) is 0 Å². The number of aryl methyl sites for hydroxylation is 1. The average Bonchev–Trinajstić information content (AvgIpc) is 2.10. The van der Waals surface area contributed by atoms with Gasteiger partial charge in [-0.1, -0.05) is 12.1 Å². The van der Waals surface area contributed by atoms with Crippen LogP contribution < -0.4 is 5.32 Å². The van der Waals surface area contributed by atoms with Gasteiger partial charge in [0.15, 0.2) is 0 Å². The van der Waals surface area contributed by atoms with E-state index in [0.29, 0.717) is 5.69 Å². The van der Waals surface area contributed by atoms with Gasteiger partial charge in [-0.25, -0.2) is 4.39 Å². The maximum atomic E-state index is 13.1.